The van der Waals surface area contributed by atoms with Crippen LogP contribution in [0.2, 0.25) is 0 Å². The normalized spacial score (nSPS) is 29.1. The van der Waals surface area contributed by atoms with E-state index in [9.17, 15) is 0 Å². The van der Waals surface area contributed by atoms with Crippen LogP contribution in [-0.4, -0.2) is 13.2 Å². The van der Waals surface area contributed by atoms with Crippen LogP contribution >= 0.6 is 0 Å². The second-order valence-corrected chi connectivity index (χ2v) is 11.0. The summed E-state index contributed by atoms with van der Waals surface area (Å²) in [6.07, 6.45) is 11.9. The summed E-state index contributed by atoms with van der Waals surface area (Å²) in [4.78, 5) is 0. The van der Waals surface area contributed by atoms with Crippen molar-refractivity contribution in [3.63, 3.8) is 0 Å². The highest BCUT2D eigenvalue weighted by atomic mass is 16.5. The third-order valence-corrected chi connectivity index (χ3v) is 9.05. The minimum absolute atomic E-state index is 0.571. The van der Waals surface area contributed by atoms with Gasteiger partial charge >= 0.3 is 0 Å². The van der Waals surface area contributed by atoms with Crippen molar-refractivity contribution >= 4 is 0 Å². The molecule has 2 bridgehead atoms. The van der Waals surface area contributed by atoms with Crippen molar-refractivity contribution in [2.75, 3.05) is 13.2 Å². The Bertz CT molecular complexity index is 1040. The number of benzene rings is 2. The van der Waals surface area contributed by atoms with E-state index in [2.05, 4.69) is 63.4 Å². The van der Waals surface area contributed by atoms with E-state index >= 15 is 0 Å². The van der Waals surface area contributed by atoms with Crippen molar-refractivity contribution in [2.24, 2.45) is 35.5 Å². The minimum atomic E-state index is 0.571. The Morgan fingerprint density at radius 3 is 1.88 bits per heavy atom. The highest BCUT2D eigenvalue weighted by molar-refractivity contribution is 5.38. The largest absolute Gasteiger partial charge is 0.489 e. The van der Waals surface area contributed by atoms with Gasteiger partial charge in [-0.3, -0.25) is 0 Å². The number of fused-ring (bicyclic) bond motifs is 5. The monoisotopic (exact) mass is 456 g/mol. The molecule has 0 radical (unpaired) electrons. The molecule has 3 aliphatic carbocycles. The Morgan fingerprint density at radius 2 is 1.29 bits per heavy atom. The van der Waals surface area contributed by atoms with E-state index in [0.717, 1.165) is 47.0 Å². The van der Waals surface area contributed by atoms with Gasteiger partial charge in [0.05, 0.1) is 0 Å². The maximum Gasteiger partial charge on any atom is 0.122 e. The van der Waals surface area contributed by atoms with Crippen molar-refractivity contribution < 1.29 is 9.47 Å². The van der Waals surface area contributed by atoms with Crippen LogP contribution in [0, 0.1) is 49.4 Å². The first-order chi connectivity index (χ1) is 16.6. The molecule has 0 heterocycles. The molecule has 0 spiro atoms. The van der Waals surface area contributed by atoms with E-state index < -0.39 is 0 Å². The maximum absolute atomic E-state index is 5.80. The summed E-state index contributed by atoms with van der Waals surface area (Å²) in [7, 11) is 0. The summed E-state index contributed by atoms with van der Waals surface area (Å²) < 4.78 is 11.6. The average molecular weight is 457 g/mol. The average Bonchev–Trinajstić information content (AvgIpc) is 3.50. The lowest BCUT2D eigenvalue weighted by Crippen LogP contribution is -2.23. The molecule has 3 fully saturated rings. The van der Waals surface area contributed by atoms with E-state index in [1.165, 1.54) is 60.8 Å². The predicted molar refractivity (Wildman–Crippen MR) is 141 cm³/mol. The predicted octanol–water partition coefficient (Wildman–Crippen LogP) is 7.52. The first kappa shape index (κ1) is 23.3. The molecule has 2 heteroatoms. The van der Waals surface area contributed by atoms with Crippen LogP contribution in [0.4, 0.5) is 0 Å². The molecule has 6 unspecified atom stereocenters. The zero-order chi connectivity index (χ0) is 23.7. The molecule has 2 aromatic carbocycles. The molecule has 0 N–H and O–H groups in total. The Balaban J connectivity index is 1.26. The summed E-state index contributed by atoms with van der Waals surface area (Å²) in [6, 6.07) is 13.6. The minimum Gasteiger partial charge on any atom is -0.489 e. The first-order valence-corrected chi connectivity index (χ1v) is 13.3. The molecular formula is C32H40O2. The van der Waals surface area contributed by atoms with Crippen molar-refractivity contribution in [1.29, 1.82) is 0 Å². The summed E-state index contributed by atoms with van der Waals surface area (Å²) in [6.45, 7) is 13.0. The van der Waals surface area contributed by atoms with Gasteiger partial charge in [-0.15, -0.1) is 0 Å². The fourth-order valence-electron chi connectivity index (χ4n) is 7.86. The van der Waals surface area contributed by atoms with Crippen molar-refractivity contribution in [2.45, 2.75) is 52.4 Å². The number of hydrogen-bond donors (Lipinski definition) is 0. The SMILES string of the molecule is C=CCOc1ccc(CC2CCC3C4CCC(C4Cc4ccc(OCC=C)c(C)c4)C23)cc1C. The summed E-state index contributed by atoms with van der Waals surface area (Å²) in [5, 5.41) is 0. The number of rotatable bonds is 10. The van der Waals surface area contributed by atoms with E-state index in [1.54, 1.807) is 0 Å². The van der Waals surface area contributed by atoms with Gasteiger partial charge in [0.15, 0.2) is 0 Å². The second kappa shape index (κ2) is 10.0. The van der Waals surface area contributed by atoms with Gasteiger partial charge in [-0.05, 0) is 122 Å². The van der Waals surface area contributed by atoms with Gasteiger partial charge in [-0.1, -0.05) is 49.6 Å². The molecule has 2 nitrogen and oxygen atoms in total. The molecule has 2 aromatic rings. The van der Waals surface area contributed by atoms with Gasteiger partial charge in [-0.25, -0.2) is 0 Å². The van der Waals surface area contributed by atoms with Crippen LogP contribution in [0.5, 0.6) is 11.5 Å². The molecule has 5 rings (SSSR count). The van der Waals surface area contributed by atoms with Crippen LogP contribution in [-0.2, 0) is 12.8 Å². The maximum atomic E-state index is 5.80. The lowest BCUT2D eigenvalue weighted by molar-refractivity contribution is 0.208. The Morgan fingerprint density at radius 1 is 0.735 bits per heavy atom. The van der Waals surface area contributed by atoms with Crippen molar-refractivity contribution in [3.05, 3.63) is 84.0 Å². The highest BCUT2D eigenvalue weighted by Crippen LogP contribution is 2.64. The van der Waals surface area contributed by atoms with E-state index in [-0.39, 0.29) is 0 Å². The topological polar surface area (TPSA) is 18.5 Å². The fourth-order valence-corrected chi connectivity index (χ4v) is 7.86. The first-order valence-electron chi connectivity index (χ1n) is 13.3. The fraction of sp³-hybridized carbons (Fsp3) is 0.500. The lowest BCUT2D eigenvalue weighted by atomic mass is 9.76. The zero-order valence-electron chi connectivity index (χ0n) is 21.0. The third-order valence-electron chi connectivity index (χ3n) is 9.05. The van der Waals surface area contributed by atoms with E-state index in [0.29, 0.717) is 13.2 Å². The number of ether oxygens (including phenoxy) is 2. The Hall–Kier alpha value is -2.48. The Labute approximate surface area is 206 Å². The standard InChI is InChI=1S/C32H40O2/c1-5-15-33-30-13-7-23(17-21(30)3)19-25-9-10-27-26-11-12-28(32(25)27)29(26)20-24-8-14-31(22(4)18-24)34-16-6-2/h5-8,13-14,17-18,25-29,32H,1-2,9-12,15-16,19-20H2,3-4H3. The van der Waals surface area contributed by atoms with Gasteiger partial charge in [0.2, 0.25) is 0 Å². The van der Waals surface area contributed by atoms with Crippen molar-refractivity contribution in [1.82, 2.24) is 0 Å². The molecule has 0 aromatic heterocycles. The summed E-state index contributed by atoms with van der Waals surface area (Å²) >= 11 is 0. The van der Waals surface area contributed by atoms with E-state index in [1.807, 2.05) is 12.2 Å². The van der Waals surface area contributed by atoms with Gasteiger partial charge in [-0.2, -0.15) is 0 Å². The smallest absolute Gasteiger partial charge is 0.122 e. The van der Waals surface area contributed by atoms with Crippen LogP contribution in [0.15, 0.2) is 61.7 Å². The molecule has 0 amide bonds. The summed E-state index contributed by atoms with van der Waals surface area (Å²) in [5.41, 5.74) is 5.47. The molecule has 0 aliphatic heterocycles. The molecule has 0 saturated heterocycles. The molecular weight excluding hydrogens is 416 g/mol. The van der Waals surface area contributed by atoms with Crippen LogP contribution in [0.3, 0.4) is 0 Å². The zero-order valence-corrected chi connectivity index (χ0v) is 21.0. The number of aryl methyl sites for hydroxylation is 2. The van der Waals surface area contributed by atoms with Gasteiger partial charge in [0, 0.05) is 0 Å². The molecule has 34 heavy (non-hydrogen) atoms. The molecule has 3 saturated carbocycles. The molecule has 3 aliphatic rings. The van der Waals surface area contributed by atoms with Crippen LogP contribution in [0.25, 0.3) is 0 Å². The van der Waals surface area contributed by atoms with Crippen molar-refractivity contribution in [3.8, 4) is 11.5 Å². The van der Waals surface area contributed by atoms with Gasteiger partial charge in [0.25, 0.3) is 0 Å². The lowest BCUT2D eigenvalue weighted by Gasteiger charge is -2.29. The Kier molecular flexibility index (Phi) is 6.86. The quantitative estimate of drug-likeness (QED) is 0.344. The molecule has 6 atom stereocenters. The van der Waals surface area contributed by atoms with E-state index in [4.69, 9.17) is 9.47 Å². The van der Waals surface area contributed by atoms with Crippen LogP contribution in [0.1, 0.15) is 47.9 Å². The summed E-state index contributed by atoms with van der Waals surface area (Å²) in [5.74, 6) is 7.44. The number of hydrogen-bond acceptors (Lipinski definition) is 2. The van der Waals surface area contributed by atoms with Gasteiger partial charge < -0.3 is 9.47 Å². The highest BCUT2D eigenvalue weighted by Gasteiger charge is 2.58. The second-order valence-electron chi connectivity index (χ2n) is 11.0. The molecule has 180 valence electrons. The van der Waals surface area contributed by atoms with Crippen LogP contribution < -0.4 is 9.47 Å². The third kappa shape index (κ3) is 4.44. The van der Waals surface area contributed by atoms with Gasteiger partial charge in [0.1, 0.15) is 24.7 Å².